The van der Waals surface area contributed by atoms with Crippen molar-refractivity contribution in [2.75, 3.05) is 9.80 Å². The van der Waals surface area contributed by atoms with Gasteiger partial charge in [-0.15, -0.1) is 0 Å². The van der Waals surface area contributed by atoms with Gasteiger partial charge in [0.1, 0.15) is 6.10 Å². The van der Waals surface area contributed by atoms with Crippen LogP contribution in [0.5, 0.6) is 0 Å². The number of aliphatic hydroxyl groups is 2. The Hall–Kier alpha value is -5.49. The predicted octanol–water partition coefficient (Wildman–Crippen LogP) is 14.0. The third kappa shape index (κ3) is 9.16. The molecule has 1 aliphatic rings. The van der Waals surface area contributed by atoms with Gasteiger partial charge in [-0.3, -0.25) is 4.79 Å². The fourth-order valence-corrected chi connectivity index (χ4v) is 8.68. The van der Waals surface area contributed by atoms with E-state index in [4.69, 9.17) is 0 Å². The van der Waals surface area contributed by atoms with E-state index in [2.05, 4.69) is 190 Å². The van der Waals surface area contributed by atoms with Crippen molar-refractivity contribution in [3.05, 3.63) is 179 Å². The van der Waals surface area contributed by atoms with E-state index in [1.54, 1.807) is 0 Å². The highest BCUT2D eigenvalue weighted by atomic mass is 16.3. The van der Waals surface area contributed by atoms with Gasteiger partial charge in [-0.1, -0.05) is 156 Å². The average molecular weight is 827 g/mol. The number of nitrogens with zero attached hydrogens (tertiary/aromatic N) is 2. The number of hydrogen-bond donors (Lipinski definition) is 2. The van der Waals surface area contributed by atoms with E-state index in [0.717, 1.165) is 39.7 Å². The van der Waals surface area contributed by atoms with Crippen LogP contribution in [0.2, 0.25) is 0 Å². The van der Waals surface area contributed by atoms with Gasteiger partial charge in [0.15, 0.2) is 5.78 Å². The summed E-state index contributed by atoms with van der Waals surface area (Å²) in [7, 11) is 0. The summed E-state index contributed by atoms with van der Waals surface area (Å²) in [5, 5.41) is 23.4. The van der Waals surface area contributed by atoms with Gasteiger partial charge in [0.2, 0.25) is 0 Å². The first-order chi connectivity index (χ1) is 29.0. The summed E-state index contributed by atoms with van der Waals surface area (Å²) in [5.41, 5.74) is 12.5. The summed E-state index contributed by atoms with van der Waals surface area (Å²) in [6.07, 6.45) is -2.45. The summed E-state index contributed by atoms with van der Waals surface area (Å²) in [6, 6.07) is 50.6. The minimum Gasteiger partial charge on any atom is -0.391 e. The fraction of sp³-hybridized carbons (Fsp3) is 0.351. The van der Waals surface area contributed by atoms with E-state index < -0.39 is 24.0 Å². The number of rotatable bonds is 8. The number of ketones is 1. The van der Waals surface area contributed by atoms with Gasteiger partial charge in [0.25, 0.3) is 0 Å². The van der Waals surface area contributed by atoms with Crippen molar-refractivity contribution in [2.45, 2.75) is 129 Å². The van der Waals surface area contributed by atoms with Crippen LogP contribution >= 0.6 is 0 Å². The van der Waals surface area contributed by atoms with Crippen molar-refractivity contribution in [3.8, 4) is 0 Å². The zero-order chi connectivity index (χ0) is 44.9. The van der Waals surface area contributed by atoms with E-state index in [0.29, 0.717) is 5.56 Å². The van der Waals surface area contributed by atoms with Crippen LogP contribution in [-0.2, 0) is 26.5 Å². The van der Waals surface area contributed by atoms with Gasteiger partial charge in [-0.25, -0.2) is 0 Å². The lowest BCUT2D eigenvalue weighted by atomic mass is 9.86. The molecule has 0 bridgehead atoms. The molecular formula is C57H66N2O3. The first-order valence-corrected chi connectivity index (χ1v) is 22.1. The first-order valence-electron chi connectivity index (χ1n) is 22.1. The maximum atomic E-state index is 13.9. The Bertz CT molecular complexity index is 2340. The maximum Gasteiger partial charge on any atom is 0.172 e. The molecule has 0 amide bonds. The van der Waals surface area contributed by atoms with Gasteiger partial charge >= 0.3 is 0 Å². The Kier molecular flexibility index (Phi) is 12.0. The second-order valence-electron chi connectivity index (χ2n) is 21.4. The quantitative estimate of drug-likeness (QED) is 0.160. The molecule has 5 nitrogen and oxygen atoms in total. The van der Waals surface area contributed by atoms with Crippen LogP contribution in [0.3, 0.4) is 0 Å². The standard InChI is InChI=1S/C57H66N2O3/c1-54(2,3)39-17-29-45(30-18-39)58(46-31-19-40(20-32-46)55(4,5)6)43-25-13-37(14-26-43)49-51(60)50(53(62)52(49)61)38-15-27-44(28-16-38)59(47-33-21-41(22-34-47)56(7,8)9)48-35-23-42(24-36-48)57(10,11)12/h13-36,49-52,60-61H,1-12H3. The first kappa shape index (κ1) is 44.6. The number of carbonyl (C=O) groups excluding carboxylic acids is 1. The summed E-state index contributed by atoms with van der Waals surface area (Å²) in [5.74, 6) is -2.01. The second kappa shape index (κ2) is 16.7. The molecule has 1 saturated carbocycles. The Morgan fingerprint density at radius 1 is 0.355 bits per heavy atom. The molecule has 1 aliphatic carbocycles. The maximum absolute atomic E-state index is 13.9. The fourth-order valence-electron chi connectivity index (χ4n) is 8.68. The van der Waals surface area contributed by atoms with Gasteiger partial charge in [-0.2, -0.15) is 0 Å². The molecule has 0 heterocycles. The van der Waals surface area contributed by atoms with Crippen LogP contribution in [-0.4, -0.2) is 28.2 Å². The minimum absolute atomic E-state index is 0.0245. The summed E-state index contributed by atoms with van der Waals surface area (Å²) in [6.45, 7) is 26.6. The van der Waals surface area contributed by atoms with E-state index in [1.165, 1.54) is 22.3 Å². The third-order valence-corrected chi connectivity index (χ3v) is 12.7. The van der Waals surface area contributed by atoms with E-state index in [9.17, 15) is 15.0 Å². The number of benzene rings is 6. The van der Waals surface area contributed by atoms with Crippen LogP contribution in [0, 0.1) is 0 Å². The summed E-state index contributed by atoms with van der Waals surface area (Å²) in [4.78, 5) is 18.3. The molecule has 6 aromatic carbocycles. The molecule has 0 aromatic heterocycles. The molecule has 0 radical (unpaired) electrons. The SMILES string of the molecule is CC(C)(C)c1ccc(N(c2ccc(C3C(=O)C(O)C(c4ccc(N(c5ccc(C(C)(C)C)cc5)c5ccc(C(C)(C)C)cc5)cc4)C3O)cc2)c2ccc(C(C)(C)C)cc2)cc1. The molecule has 1 fully saturated rings. The van der Waals surface area contributed by atoms with Gasteiger partial charge < -0.3 is 20.0 Å². The molecule has 7 rings (SSSR count). The van der Waals surface area contributed by atoms with E-state index in [-0.39, 0.29) is 27.4 Å². The molecule has 2 N–H and O–H groups in total. The van der Waals surface area contributed by atoms with Gasteiger partial charge in [-0.05, 0) is 128 Å². The van der Waals surface area contributed by atoms with Crippen LogP contribution in [0.25, 0.3) is 0 Å². The number of anilines is 6. The molecule has 4 unspecified atom stereocenters. The highest BCUT2D eigenvalue weighted by Gasteiger charge is 2.50. The van der Waals surface area contributed by atoms with Crippen molar-refractivity contribution >= 4 is 39.9 Å². The van der Waals surface area contributed by atoms with Crippen LogP contribution in [0.15, 0.2) is 146 Å². The lowest BCUT2D eigenvalue weighted by molar-refractivity contribution is -0.126. The number of Topliss-reactive ketones (excluding diaryl/α,β-unsaturated/α-hetero) is 1. The van der Waals surface area contributed by atoms with Gasteiger partial charge in [0, 0.05) is 40.0 Å². The topological polar surface area (TPSA) is 64.0 Å². The normalized spacial score (nSPS) is 18.5. The Balaban J connectivity index is 1.18. The third-order valence-electron chi connectivity index (χ3n) is 12.7. The largest absolute Gasteiger partial charge is 0.391 e. The second-order valence-corrected chi connectivity index (χ2v) is 21.4. The van der Waals surface area contributed by atoms with Crippen LogP contribution in [0.4, 0.5) is 34.1 Å². The Morgan fingerprint density at radius 3 is 0.823 bits per heavy atom. The van der Waals surface area contributed by atoms with Crippen molar-refractivity contribution < 1.29 is 15.0 Å². The van der Waals surface area contributed by atoms with Crippen molar-refractivity contribution in [1.82, 2.24) is 0 Å². The Morgan fingerprint density at radius 2 is 0.581 bits per heavy atom. The molecular weight excluding hydrogens is 761 g/mol. The highest BCUT2D eigenvalue weighted by molar-refractivity contribution is 5.94. The van der Waals surface area contributed by atoms with Crippen molar-refractivity contribution in [1.29, 1.82) is 0 Å². The zero-order valence-corrected chi connectivity index (χ0v) is 38.9. The summed E-state index contributed by atoms with van der Waals surface area (Å²) >= 11 is 0. The number of carbonyl (C=O) groups is 1. The molecule has 62 heavy (non-hydrogen) atoms. The molecule has 0 saturated heterocycles. The average Bonchev–Trinajstić information content (AvgIpc) is 3.44. The molecule has 6 aromatic rings. The lowest BCUT2D eigenvalue weighted by Crippen LogP contribution is -2.23. The minimum atomic E-state index is -1.34. The van der Waals surface area contributed by atoms with E-state index in [1.807, 2.05) is 48.5 Å². The lowest BCUT2D eigenvalue weighted by Gasteiger charge is -2.29. The zero-order valence-electron chi connectivity index (χ0n) is 38.9. The van der Waals surface area contributed by atoms with Crippen molar-refractivity contribution in [2.24, 2.45) is 0 Å². The molecule has 0 spiro atoms. The summed E-state index contributed by atoms with van der Waals surface area (Å²) < 4.78 is 0. The molecule has 5 heteroatoms. The Labute approximate surface area is 371 Å². The van der Waals surface area contributed by atoms with Crippen molar-refractivity contribution in [3.63, 3.8) is 0 Å². The van der Waals surface area contributed by atoms with Crippen LogP contribution in [0.1, 0.15) is 128 Å². The van der Waals surface area contributed by atoms with E-state index >= 15 is 0 Å². The highest BCUT2D eigenvalue weighted by Crippen LogP contribution is 2.45. The predicted molar refractivity (Wildman–Crippen MR) is 260 cm³/mol. The molecule has 322 valence electrons. The van der Waals surface area contributed by atoms with Gasteiger partial charge in [0.05, 0.1) is 12.0 Å². The van der Waals surface area contributed by atoms with Crippen LogP contribution < -0.4 is 9.80 Å². The number of hydrogen-bond acceptors (Lipinski definition) is 5. The molecule has 0 aliphatic heterocycles. The smallest absolute Gasteiger partial charge is 0.172 e. The molecule has 4 atom stereocenters. The number of aliphatic hydroxyl groups excluding tert-OH is 2. The monoisotopic (exact) mass is 827 g/mol.